The highest BCUT2D eigenvalue weighted by atomic mass is 14.8. The van der Waals surface area contributed by atoms with Crippen LogP contribution in [0, 0.1) is 0 Å². The second-order valence-corrected chi connectivity index (χ2v) is 15.0. The Morgan fingerprint density at radius 1 is 0.241 bits per heavy atom. The third-order valence-corrected chi connectivity index (χ3v) is 11.5. The first-order chi connectivity index (χ1) is 28.7. The molecule has 11 rings (SSSR count). The van der Waals surface area contributed by atoms with Gasteiger partial charge in [0.2, 0.25) is 0 Å². The van der Waals surface area contributed by atoms with Gasteiger partial charge in [0.25, 0.3) is 0 Å². The quantitative estimate of drug-likeness (QED) is 0.159. The van der Waals surface area contributed by atoms with Crippen molar-refractivity contribution in [3.8, 4) is 67.2 Å². The molecule has 2 aromatic heterocycles. The van der Waals surface area contributed by atoms with Gasteiger partial charge in [-0.1, -0.05) is 170 Å². The van der Waals surface area contributed by atoms with Crippen molar-refractivity contribution in [1.29, 1.82) is 0 Å². The molecular weight excluding hydrogens is 701 g/mol. The zero-order valence-corrected chi connectivity index (χ0v) is 31.7. The average molecular weight is 737 g/mol. The van der Waals surface area contributed by atoms with Crippen LogP contribution in [0.25, 0.3) is 110 Å². The summed E-state index contributed by atoms with van der Waals surface area (Å²) in [6, 6.07) is 76.6. The van der Waals surface area contributed by atoms with Gasteiger partial charge >= 0.3 is 0 Å². The van der Waals surface area contributed by atoms with E-state index < -0.39 is 0 Å². The van der Waals surface area contributed by atoms with Crippen molar-refractivity contribution in [1.82, 2.24) is 9.97 Å². The molecule has 9 aromatic carbocycles. The van der Waals surface area contributed by atoms with Crippen molar-refractivity contribution in [3.05, 3.63) is 219 Å². The highest BCUT2D eigenvalue weighted by Gasteiger charge is 2.18. The predicted molar refractivity (Wildman–Crippen MR) is 245 cm³/mol. The van der Waals surface area contributed by atoms with Gasteiger partial charge in [0.05, 0.1) is 17.1 Å². The van der Waals surface area contributed by atoms with Gasteiger partial charge in [-0.3, -0.25) is 4.98 Å². The van der Waals surface area contributed by atoms with Crippen molar-refractivity contribution in [2.45, 2.75) is 0 Å². The van der Waals surface area contributed by atoms with Crippen LogP contribution in [0.15, 0.2) is 219 Å². The van der Waals surface area contributed by atoms with Crippen LogP contribution in [0.1, 0.15) is 0 Å². The van der Waals surface area contributed by atoms with Gasteiger partial charge in [-0.05, 0) is 130 Å². The molecule has 0 atom stereocenters. The molecule has 0 aliphatic heterocycles. The second kappa shape index (κ2) is 14.1. The Bertz CT molecular complexity index is 3310. The zero-order valence-electron chi connectivity index (χ0n) is 31.7. The van der Waals surface area contributed by atoms with Crippen LogP contribution in [0.5, 0.6) is 0 Å². The molecule has 0 bridgehead atoms. The maximum absolute atomic E-state index is 5.13. The van der Waals surface area contributed by atoms with E-state index in [1.54, 1.807) is 0 Å². The van der Waals surface area contributed by atoms with Crippen LogP contribution in [-0.4, -0.2) is 9.97 Å². The van der Waals surface area contributed by atoms with E-state index in [-0.39, 0.29) is 0 Å². The van der Waals surface area contributed by atoms with Gasteiger partial charge in [0.15, 0.2) is 0 Å². The summed E-state index contributed by atoms with van der Waals surface area (Å²) >= 11 is 0. The number of hydrogen-bond donors (Lipinski definition) is 0. The predicted octanol–water partition coefficient (Wildman–Crippen LogP) is 15.1. The second-order valence-electron chi connectivity index (χ2n) is 15.0. The van der Waals surface area contributed by atoms with Crippen molar-refractivity contribution < 1.29 is 0 Å². The van der Waals surface area contributed by atoms with Gasteiger partial charge in [-0.2, -0.15) is 0 Å². The number of benzene rings is 9. The van der Waals surface area contributed by atoms with E-state index in [1.807, 2.05) is 30.5 Å². The maximum Gasteiger partial charge on any atom is 0.0893 e. The van der Waals surface area contributed by atoms with Crippen LogP contribution in [0.4, 0.5) is 0 Å². The fourth-order valence-corrected chi connectivity index (χ4v) is 8.61. The maximum atomic E-state index is 5.13. The summed E-state index contributed by atoms with van der Waals surface area (Å²) in [5.74, 6) is 0. The molecule has 0 N–H and O–H groups in total. The fraction of sp³-hybridized carbons (Fsp3) is 0. The van der Waals surface area contributed by atoms with E-state index in [2.05, 4.69) is 193 Å². The molecule has 2 heterocycles. The highest BCUT2D eigenvalue weighted by Crippen LogP contribution is 2.45. The Hall–Kier alpha value is -7.68. The van der Waals surface area contributed by atoms with Crippen molar-refractivity contribution in [3.63, 3.8) is 0 Å². The molecule has 0 radical (unpaired) electrons. The van der Waals surface area contributed by atoms with E-state index in [1.165, 1.54) is 87.6 Å². The van der Waals surface area contributed by atoms with E-state index >= 15 is 0 Å². The topological polar surface area (TPSA) is 25.8 Å². The molecule has 0 amide bonds. The summed E-state index contributed by atoms with van der Waals surface area (Å²) in [6.45, 7) is 0. The number of nitrogens with zero attached hydrogens (tertiary/aromatic N) is 2. The molecule has 58 heavy (non-hydrogen) atoms. The SMILES string of the molecule is c1ccc(-c2cccc(-c3ccc4c(-c5ccc(-c6ccc7ccccc7c6)cc5)c5ccccc5c(-c5ccc(-c6ccc7ccccc7c6)cc5)c4c3)n2)nc1. The van der Waals surface area contributed by atoms with Gasteiger partial charge in [0, 0.05) is 11.8 Å². The third-order valence-electron chi connectivity index (χ3n) is 11.5. The first kappa shape index (κ1) is 33.6. The number of rotatable bonds is 6. The first-order valence-electron chi connectivity index (χ1n) is 19.8. The number of fused-ring (bicyclic) bond motifs is 4. The largest absolute Gasteiger partial charge is 0.255 e. The number of pyridine rings is 2. The molecule has 2 heteroatoms. The summed E-state index contributed by atoms with van der Waals surface area (Å²) in [4.78, 5) is 9.71. The molecule has 0 spiro atoms. The molecule has 0 aliphatic carbocycles. The lowest BCUT2D eigenvalue weighted by molar-refractivity contribution is 1.25. The minimum Gasteiger partial charge on any atom is -0.255 e. The Morgan fingerprint density at radius 3 is 1.28 bits per heavy atom. The molecule has 0 aliphatic rings. The van der Waals surface area contributed by atoms with Gasteiger partial charge in [-0.15, -0.1) is 0 Å². The van der Waals surface area contributed by atoms with Gasteiger partial charge in [0.1, 0.15) is 0 Å². The summed E-state index contributed by atoms with van der Waals surface area (Å²) in [5, 5.41) is 9.83. The monoisotopic (exact) mass is 736 g/mol. The molecule has 0 fully saturated rings. The lowest BCUT2D eigenvalue weighted by atomic mass is 9.84. The molecule has 270 valence electrons. The first-order valence-corrected chi connectivity index (χ1v) is 19.8. The Kier molecular flexibility index (Phi) is 8.19. The van der Waals surface area contributed by atoms with Crippen molar-refractivity contribution in [2.24, 2.45) is 0 Å². The molecular formula is C56H36N2. The van der Waals surface area contributed by atoms with E-state index in [9.17, 15) is 0 Å². The minimum atomic E-state index is 0.855. The Labute approximate surface area is 337 Å². The molecule has 11 aromatic rings. The van der Waals surface area contributed by atoms with Crippen molar-refractivity contribution >= 4 is 43.1 Å². The van der Waals surface area contributed by atoms with Crippen LogP contribution in [-0.2, 0) is 0 Å². The van der Waals surface area contributed by atoms with E-state index in [0.717, 1.165) is 22.6 Å². The highest BCUT2D eigenvalue weighted by molar-refractivity contribution is 6.22. The van der Waals surface area contributed by atoms with Gasteiger partial charge in [-0.25, -0.2) is 4.98 Å². The van der Waals surface area contributed by atoms with E-state index in [4.69, 9.17) is 4.98 Å². The molecule has 0 saturated heterocycles. The lowest BCUT2D eigenvalue weighted by Gasteiger charge is -2.19. The van der Waals surface area contributed by atoms with Crippen LogP contribution in [0.2, 0.25) is 0 Å². The van der Waals surface area contributed by atoms with Crippen LogP contribution >= 0.6 is 0 Å². The Morgan fingerprint density at radius 2 is 0.690 bits per heavy atom. The van der Waals surface area contributed by atoms with Crippen LogP contribution < -0.4 is 0 Å². The number of aromatic nitrogens is 2. The smallest absolute Gasteiger partial charge is 0.0893 e. The lowest BCUT2D eigenvalue weighted by Crippen LogP contribution is -1.93. The zero-order chi connectivity index (χ0) is 38.4. The molecule has 2 nitrogen and oxygen atoms in total. The fourth-order valence-electron chi connectivity index (χ4n) is 8.61. The van der Waals surface area contributed by atoms with Gasteiger partial charge < -0.3 is 0 Å². The van der Waals surface area contributed by atoms with Crippen molar-refractivity contribution in [2.75, 3.05) is 0 Å². The Balaban J connectivity index is 1.09. The molecule has 0 unspecified atom stereocenters. The third kappa shape index (κ3) is 6.00. The average Bonchev–Trinajstić information content (AvgIpc) is 3.31. The standard InChI is InChI=1S/C56H36N2/c1-3-12-43-34-45(29-23-37(43)10-1)39-19-25-41(26-20-39)55-48-14-5-6-15-49(48)56(42-27-21-40(22-28-42)46-30-24-38-11-2-4-13-44(38)35-46)51-36-47(31-32-50(51)55)52-17-9-18-54(58-52)53-16-7-8-33-57-53/h1-36H. The summed E-state index contributed by atoms with van der Waals surface area (Å²) in [6.07, 6.45) is 1.82. The van der Waals surface area contributed by atoms with Crippen LogP contribution in [0.3, 0.4) is 0 Å². The normalized spacial score (nSPS) is 11.4. The summed E-state index contributed by atoms with van der Waals surface area (Å²) < 4.78 is 0. The number of hydrogen-bond acceptors (Lipinski definition) is 2. The summed E-state index contributed by atoms with van der Waals surface area (Å²) in [7, 11) is 0. The molecule has 0 saturated carbocycles. The minimum absolute atomic E-state index is 0.855. The summed E-state index contributed by atoms with van der Waals surface area (Å²) in [5.41, 5.74) is 13.3. The van der Waals surface area contributed by atoms with E-state index in [0.29, 0.717) is 0 Å².